The van der Waals surface area contributed by atoms with Gasteiger partial charge in [-0.15, -0.1) is 0 Å². The fourth-order valence-corrected chi connectivity index (χ4v) is 1.81. The lowest BCUT2D eigenvalue weighted by molar-refractivity contribution is -0.158. The molecule has 0 aliphatic heterocycles. The molecule has 0 aromatic carbocycles. The predicted octanol–water partition coefficient (Wildman–Crippen LogP) is 2.35. The van der Waals surface area contributed by atoms with E-state index in [1.54, 1.807) is 6.92 Å². The van der Waals surface area contributed by atoms with Crippen LogP contribution in [0, 0.1) is 5.41 Å². The number of halogens is 3. The average molecular weight is 332 g/mol. The van der Waals surface area contributed by atoms with E-state index in [4.69, 9.17) is 4.74 Å². The zero-order valence-corrected chi connectivity index (χ0v) is 13.2. The number of ether oxygens (including phenoxy) is 1. The topological polar surface area (TPSA) is 68.3 Å². The number of alkyl halides is 3. The van der Waals surface area contributed by atoms with Crippen molar-refractivity contribution in [2.75, 3.05) is 13.2 Å². The Morgan fingerprint density at radius 2 is 1.96 bits per heavy atom. The molecule has 128 valence electrons. The number of nitrogens with one attached hydrogen (secondary N) is 1. The fraction of sp³-hybridized carbons (Fsp3) is 0.533. The number of amides is 1. The molecule has 0 aliphatic carbocycles. The number of pyridine rings is 1. The number of hydrogen-bond donors (Lipinski definition) is 1. The van der Waals surface area contributed by atoms with Crippen molar-refractivity contribution in [1.82, 2.24) is 10.3 Å². The smallest absolute Gasteiger partial charge is 0.418 e. The second-order valence-electron chi connectivity index (χ2n) is 5.35. The van der Waals surface area contributed by atoms with E-state index in [9.17, 15) is 22.8 Å². The van der Waals surface area contributed by atoms with E-state index in [0.717, 1.165) is 6.07 Å². The monoisotopic (exact) mass is 332 g/mol. The van der Waals surface area contributed by atoms with Gasteiger partial charge < -0.3 is 10.1 Å². The second-order valence-corrected chi connectivity index (χ2v) is 5.35. The molecule has 8 heteroatoms. The highest BCUT2D eigenvalue weighted by molar-refractivity contribution is 6.01. The number of nitrogens with zero attached hydrogens (tertiary/aromatic N) is 1. The summed E-state index contributed by atoms with van der Waals surface area (Å²) < 4.78 is 43.3. The maximum absolute atomic E-state index is 12.8. The summed E-state index contributed by atoms with van der Waals surface area (Å²) in [5.41, 5.74) is -2.40. The zero-order valence-electron chi connectivity index (χ0n) is 13.2. The maximum atomic E-state index is 12.8. The van der Waals surface area contributed by atoms with Crippen LogP contribution in [0.2, 0.25) is 0 Å². The summed E-state index contributed by atoms with van der Waals surface area (Å²) in [6.07, 6.45) is -3.34. The standard InChI is InChI=1S/C15H19F3N2O3/c1-4-23-13(22)14(2,3)12(21)20-9-7-11-10(15(16,17)18)6-5-8-19-11/h5-6,8H,4,7,9H2,1-3H3,(H,20,21). The van der Waals surface area contributed by atoms with Crippen molar-refractivity contribution < 1.29 is 27.5 Å². The van der Waals surface area contributed by atoms with Gasteiger partial charge >= 0.3 is 12.1 Å². The lowest BCUT2D eigenvalue weighted by atomic mass is 9.92. The van der Waals surface area contributed by atoms with Crippen molar-refractivity contribution in [3.63, 3.8) is 0 Å². The average Bonchev–Trinajstić information content (AvgIpc) is 2.46. The third kappa shape index (κ3) is 4.94. The minimum Gasteiger partial charge on any atom is -0.465 e. The van der Waals surface area contributed by atoms with Crippen LogP contribution in [0.3, 0.4) is 0 Å². The summed E-state index contributed by atoms with van der Waals surface area (Å²) in [4.78, 5) is 27.4. The summed E-state index contributed by atoms with van der Waals surface area (Å²) in [7, 11) is 0. The van der Waals surface area contributed by atoms with E-state index in [1.165, 1.54) is 26.1 Å². The highest BCUT2D eigenvalue weighted by atomic mass is 19.4. The Labute approximate surface area is 132 Å². The minimum atomic E-state index is -4.50. The van der Waals surface area contributed by atoms with Crippen LogP contribution in [0.15, 0.2) is 18.3 Å². The van der Waals surface area contributed by atoms with E-state index < -0.39 is 29.0 Å². The van der Waals surface area contributed by atoms with E-state index in [0.29, 0.717) is 0 Å². The van der Waals surface area contributed by atoms with Crippen LogP contribution in [0.5, 0.6) is 0 Å². The molecule has 5 nitrogen and oxygen atoms in total. The number of aromatic nitrogens is 1. The van der Waals surface area contributed by atoms with Crippen molar-refractivity contribution in [3.8, 4) is 0 Å². The van der Waals surface area contributed by atoms with Gasteiger partial charge in [0.2, 0.25) is 5.91 Å². The Morgan fingerprint density at radius 3 is 2.52 bits per heavy atom. The first-order valence-electron chi connectivity index (χ1n) is 7.07. The Bertz CT molecular complexity index is 571. The molecule has 1 aromatic rings. The van der Waals surface area contributed by atoms with Crippen LogP contribution < -0.4 is 5.32 Å². The quantitative estimate of drug-likeness (QED) is 0.641. The molecule has 1 heterocycles. The van der Waals surface area contributed by atoms with E-state index in [-0.39, 0.29) is 25.3 Å². The molecule has 0 saturated heterocycles. The first-order valence-corrected chi connectivity index (χ1v) is 7.07. The molecule has 0 saturated carbocycles. The van der Waals surface area contributed by atoms with Gasteiger partial charge in [0.1, 0.15) is 5.41 Å². The number of rotatable bonds is 6. The molecule has 0 radical (unpaired) electrons. The summed E-state index contributed by atoms with van der Waals surface area (Å²) in [5.74, 6) is -1.30. The molecule has 23 heavy (non-hydrogen) atoms. The minimum absolute atomic E-state index is 0.0677. The molecule has 1 amide bonds. The Hall–Kier alpha value is -2.12. The lowest BCUT2D eigenvalue weighted by Crippen LogP contribution is -2.44. The molecule has 1 aromatic heterocycles. The van der Waals surface area contributed by atoms with Crippen molar-refractivity contribution in [3.05, 3.63) is 29.6 Å². The molecule has 1 rings (SSSR count). The third-order valence-corrected chi connectivity index (χ3v) is 3.20. The summed E-state index contributed by atoms with van der Waals surface area (Å²) in [6.45, 7) is 4.47. The fourth-order valence-electron chi connectivity index (χ4n) is 1.81. The number of esters is 1. The van der Waals surface area contributed by atoms with Crippen LogP contribution in [-0.2, 0) is 26.9 Å². The number of hydrogen-bond acceptors (Lipinski definition) is 4. The highest BCUT2D eigenvalue weighted by Crippen LogP contribution is 2.31. The Kier molecular flexibility index (Phi) is 6.12. The second kappa shape index (κ2) is 7.43. The largest absolute Gasteiger partial charge is 0.465 e. The first-order chi connectivity index (χ1) is 10.6. The Morgan fingerprint density at radius 1 is 1.30 bits per heavy atom. The van der Waals surface area contributed by atoms with Gasteiger partial charge in [0.25, 0.3) is 0 Å². The molecule has 0 atom stereocenters. The van der Waals surface area contributed by atoms with Gasteiger partial charge in [0.15, 0.2) is 0 Å². The summed E-state index contributed by atoms with van der Waals surface area (Å²) >= 11 is 0. The molecule has 1 N–H and O–H groups in total. The highest BCUT2D eigenvalue weighted by Gasteiger charge is 2.37. The van der Waals surface area contributed by atoms with Crippen molar-refractivity contribution in [1.29, 1.82) is 0 Å². The van der Waals surface area contributed by atoms with Crippen LogP contribution >= 0.6 is 0 Å². The molecule has 0 unspecified atom stereocenters. The van der Waals surface area contributed by atoms with Crippen LogP contribution in [0.25, 0.3) is 0 Å². The maximum Gasteiger partial charge on any atom is 0.418 e. The van der Waals surface area contributed by atoms with Crippen molar-refractivity contribution in [2.24, 2.45) is 5.41 Å². The van der Waals surface area contributed by atoms with Crippen molar-refractivity contribution in [2.45, 2.75) is 33.4 Å². The third-order valence-electron chi connectivity index (χ3n) is 3.20. The van der Waals surface area contributed by atoms with Gasteiger partial charge in [0.05, 0.1) is 17.9 Å². The summed E-state index contributed by atoms with van der Waals surface area (Å²) in [6, 6.07) is 2.14. The predicted molar refractivity (Wildman–Crippen MR) is 76.4 cm³/mol. The van der Waals surface area contributed by atoms with Crippen LogP contribution in [0.1, 0.15) is 32.0 Å². The lowest BCUT2D eigenvalue weighted by Gasteiger charge is -2.21. The SMILES string of the molecule is CCOC(=O)C(C)(C)C(=O)NCCc1ncccc1C(F)(F)F. The van der Waals surface area contributed by atoms with Gasteiger partial charge in [0, 0.05) is 19.2 Å². The van der Waals surface area contributed by atoms with E-state index in [1.807, 2.05) is 0 Å². The molecule has 0 bridgehead atoms. The van der Waals surface area contributed by atoms with Gasteiger partial charge in [-0.3, -0.25) is 14.6 Å². The number of carbonyl (C=O) groups is 2. The van der Waals surface area contributed by atoms with Crippen LogP contribution in [0.4, 0.5) is 13.2 Å². The molecule has 0 fully saturated rings. The van der Waals surface area contributed by atoms with Crippen LogP contribution in [-0.4, -0.2) is 30.0 Å². The van der Waals surface area contributed by atoms with Crippen molar-refractivity contribution >= 4 is 11.9 Å². The Balaban J connectivity index is 2.68. The zero-order chi connectivity index (χ0) is 17.7. The molecule has 0 aliphatic rings. The van der Waals surface area contributed by atoms with Gasteiger partial charge in [-0.1, -0.05) is 0 Å². The van der Waals surface area contributed by atoms with Gasteiger partial charge in [-0.05, 0) is 32.9 Å². The van der Waals surface area contributed by atoms with E-state index in [2.05, 4.69) is 10.3 Å². The van der Waals surface area contributed by atoms with E-state index >= 15 is 0 Å². The molecular formula is C15H19F3N2O3. The molecular weight excluding hydrogens is 313 g/mol. The summed E-state index contributed by atoms with van der Waals surface area (Å²) in [5, 5.41) is 2.44. The number of carbonyl (C=O) groups excluding carboxylic acids is 2. The van der Waals surface area contributed by atoms with Gasteiger partial charge in [-0.25, -0.2) is 0 Å². The van der Waals surface area contributed by atoms with Gasteiger partial charge in [-0.2, -0.15) is 13.2 Å². The normalized spacial score (nSPS) is 11.9. The first kappa shape index (κ1) is 18.9. The molecule has 0 spiro atoms.